The van der Waals surface area contributed by atoms with Gasteiger partial charge in [0.15, 0.2) is 0 Å². The van der Waals surface area contributed by atoms with Crippen LogP contribution >= 0.6 is 0 Å². The number of aliphatic hydroxyl groups excluding tert-OH is 1. The van der Waals surface area contributed by atoms with E-state index in [0.717, 1.165) is 12.8 Å². The number of nitrogens with zero attached hydrogens (tertiary/aromatic N) is 1. The number of carbonyl (C=O) groups excluding carboxylic acids is 1. The van der Waals surface area contributed by atoms with Gasteiger partial charge in [-0.1, -0.05) is 13.8 Å². The Bertz CT molecular complexity index is 307. The van der Waals surface area contributed by atoms with E-state index in [4.69, 9.17) is 0 Å². The fourth-order valence-electron chi connectivity index (χ4n) is 3.10. The predicted molar refractivity (Wildman–Crippen MR) is 71.2 cm³/mol. The lowest BCUT2D eigenvalue weighted by Crippen LogP contribution is -2.48. The minimum absolute atomic E-state index is 0.149. The number of hydrogen-bond acceptors (Lipinski definition) is 3. The van der Waals surface area contributed by atoms with Gasteiger partial charge in [0, 0.05) is 19.6 Å². The molecule has 1 saturated carbocycles. The zero-order chi connectivity index (χ0) is 13.3. The van der Waals surface area contributed by atoms with Crippen LogP contribution in [0.15, 0.2) is 0 Å². The van der Waals surface area contributed by atoms with Gasteiger partial charge >= 0.3 is 0 Å². The van der Waals surface area contributed by atoms with Crippen LogP contribution in [0.25, 0.3) is 0 Å². The summed E-state index contributed by atoms with van der Waals surface area (Å²) in [6.07, 6.45) is 4.78. The fraction of sp³-hybridized carbons (Fsp3) is 0.929. The largest absolute Gasteiger partial charge is 0.392 e. The summed E-state index contributed by atoms with van der Waals surface area (Å²) in [5, 5.41) is 12.6. The molecule has 0 radical (unpaired) electrons. The number of β-amino-alcohol motifs (C(OH)–C–C–N with tert-alkyl or cyclic N) is 1. The van der Waals surface area contributed by atoms with Crippen molar-refractivity contribution in [2.24, 2.45) is 5.41 Å². The first-order valence-corrected chi connectivity index (χ1v) is 7.07. The number of nitrogens with one attached hydrogen (secondary N) is 1. The Morgan fingerprint density at radius 2 is 1.94 bits per heavy atom. The SMILES string of the molecule is CN(C(=O)C1CC(O)CN1)C1CCC(C)(C)CC1. The smallest absolute Gasteiger partial charge is 0.239 e. The van der Waals surface area contributed by atoms with Gasteiger partial charge < -0.3 is 15.3 Å². The molecule has 2 atom stereocenters. The van der Waals surface area contributed by atoms with Crippen molar-refractivity contribution in [3.8, 4) is 0 Å². The van der Waals surface area contributed by atoms with E-state index in [2.05, 4.69) is 19.2 Å². The quantitative estimate of drug-likeness (QED) is 0.777. The molecule has 2 unspecified atom stereocenters. The van der Waals surface area contributed by atoms with E-state index < -0.39 is 0 Å². The van der Waals surface area contributed by atoms with Crippen molar-refractivity contribution >= 4 is 5.91 Å². The van der Waals surface area contributed by atoms with Crippen LogP contribution in [-0.2, 0) is 4.79 Å². The van der Waals surface area contributed by atoms with E-state index in [9.17, 15) is 9.90 Å². The lowest BCUT2D eigenvalue weighted by Gasteiger charge is -2.39. The molecular weight excluding hydrogens is 228 g/mol. The first-order chi connectivity index (χ1) is 8.39. The lowest BCUT2D eigenvalue weighted by molar-refractivity contribution is -0.135. The summed E-state index contributed by atoms with van der Waals surface area (Å²) in [4.78, 5) is 14.2. The van der Waals surface area contributed by atoms with Crippen molar-refractivity contribution in [3.63, 3.8) is 0 Å². The summed E-state index contributed by atoms with van der Waals surface area (Å²) in [6, 6.07) is 0.199. The van der Waals surface area contributed by atoms with E-state index in [-0.39, 0.29) is 18.1 Å². The second-order valence-electron chi connectivity index (χ2n) is 6.69. The number of amides is 1. The molecule has 1 amide bonds. The monoisotopic (exact) mass is 254 g/mol. The average molecular weight is 254 g/mol. The minimum atomic E-state index is -0.363. The van der Waals surface area contributed by atoms with Crippen molar-refractivity contribution in [1.29, 1.82) is 0 Å². The van der Waals surface area contributed by atoms with Crippen LogP contribution in [0.1, 0.15) is 46.0 Å². The zero-order valence-electron chi connectivity index (χ0n) is 11.8. The molecule has 0 aromatic carbocycles. The first kappa shape index (κ1) is 13.8. The van der Waals surface area contributed by atoms with E-state index in [0.29, 0.717) is 24.4 Å². The molecule has 0 spiro atoms. The summed E-state index contributed by atoms with van der Waals surface area (Å²) >= 11 is 0. The molecule has 4 nitrogen and oxygen atoms in total. The molecule has 2 aliphatic rings. The van der Waals surface area contributed by atoms with Crippen molar-refractivity contribution in [3.05, 3.63) is 0 Å². The van der Waals surface area contributed by atoms with Crippen LogP contribution in [0.2, 0.25) is 0 Å². The van der Waals surface area contributed by atoms with E-state index in [1.54, 1.807) is 0 Å². The van der Waals surface area contributed by atoms with Gasteiger partial charge in [-0.3, -0.25) is 4.79 Å². The van der Waals surface area contributed by atoms with E-state index in [1.807, 2.05) is 11.9 Å². The molecule has 1 aliphatic heterocycles. The van der Waals surface area contributed by atoms with Crippen molar-refractivity contribution in [1.82, 2.24) is 10.2 Å². The van der Waals surface area contributed by atoms with Gasteiger partial charge in [-0.15, -0.1) is 0 Å². The standard InChI is InChI=1S/C14H26N2O2/c1-14(2)6-4-10(5-7-14)16(3)13(18)12-8-11(17)9-15-12/h10-12,15,17H,4-9H2,1-3H3. The van der Waals surface area contributed by atoms with Crippen LogP contribution in [0.4, 0.5) is 0 Å². The maximum Gasteiger partial charge on any atom is 0.239 e. The van der Waals surface area contributed by atoms with Gasteiger partial charge in [-0.25, -0.2) is 0 Å². The average Bonchev–Trinajstić information content (AvgIpc) is 2.74. The number of carbonyl (C=O) groups is 1. The number of rotatable bonds is 2. The van der Waals surface area contributed by atoms with Gasteiger partial charge in [-0.05, 0) is 37.5 Å². The van der Waals surface area contributed by atoms with Gasteiger partial charge in [0.25, 0.3) is 0 Å². The van der Waals surface area contributed by atoms with Crippen molar-refractivity contribution < 1.29 is 9.90 Å². The van der Waals surface area contributed by atoms with Gasteiger partial charge in [0.1, 0.15) is 0 Å². The molecular formula is C14H26N2O2. The summed E-state index contributed by atoms with van der Waals surface area (Å²) in [5.74, 6) is 0.149. The summed E-state index contributed by atoms with van der Waals surface area (Å²) < 4.78 is 0. The highest BCUT2D eigenvalue weighted by Crippen LogP contribution is 2.36. The minimum Gasteiger partial charge on any atom is -0.392 e. The third kappa shape index (κ3) is 3.04. The lowest BCUT2D eigenvalue weighted by atomic mass is 9.75. The van der Waals surface area contributed by atoms with Crippen LogP contribution in [0.5, 0.6) is 0 Å². The number of aliphatic hydroxyl groups is 1. The molecule has 1 saturated heterocycles. The van der Waals surface area contributed by atoms with Crippen LogP contribution in [-0.4, -0.2) is 47.7 Å². The Morgan fingerprint density at radius 3 is 2.44 bits per heavy atom. The first-order valence-electron chi connectivity index (χ1n) is 7.07. The Kier molecular flexibility index (Phi) is 3.97. The Morgan fingerprint density at radius 1 is 1.33 bits per heavy atom. The highest BCUT2D eigenvalue weighted by atomic mass is 16.3. The number of likely N-dealkylation sites (N-methyl/N-ethyl adjacent to an activating group) is 1. The molecule has 0 aromatic rings. The molecule has 18 heavy (non-hydrogen) atoms. The topological polar surface area (TPSA) is 52.6 Å². The molecule has 0 bridgehead atoms. The molecule has 2 fully saturated rings. The second kappa shape index (κ2) is 5.17. The molecule has 1 heterocycles. The maximum atomic E-state index is 12.3. The van der Waals surface area contributed by atoms with Gasteiger partial charge in [-0.2, -0.15) is 0 Å². The zero-order valence-corrected chi connectivity index (χ0v) is 11.8. The molecule has 104 valence electrons. The number of hydrogen-bond donors (Lipinski definition) is 2. The Labute approximate surface area is 110 Å². The third-order valence-corrected chi connectivity index (χ3v) is 4.61. The van der Waals surface area contributed by atoms with Crippen molar-refractivity contribution in [2.75, 3.05) is 13.6 Å². The summed E-state index contributed by atoms with van der Waals surface area (Å²) in [6.45, 7) is 5.15. The maximum absolute atomic E-state index is 12.3. The van der Waals surface area contributed by atoms with Gasteiger partial charge in [0.05, 0.1) is 12.1 Å². The van der Waals surface area contributed by atoms with E-state index in [1.165, 1.54) is 12.8 Å². The highest BCUT2D eigenvalue weighted by molar-refractivity contribution is 5.82. The molecule has 4 heteroatoms. The molecule has 1 aliphatic carbocycles. The Hall–Kier alpha value is -0.610. The van der Waals surface area contributed by atoms with Crippen LogP contribution in [0, 0.1) is 5.41 Å². The van der Waals surface area contributed by atoms with Crippen molar-refractivity contribution in [2.45, 2.75) is 64.1 Å². The molecule has 2 N–H and O–H groups in total. The van der Waals surface area contributed by atoms with Gasteiger partial charge in [0.2, 0.25) is 5.91 Å². The third-order valence-electron chi connectivity index (χ3n) is 4.61. The normalized spacial score (nSPS) is 32.4. The van der Waals surface area contributed by atoms with Crippen LogP contribution in [0.3, 0.4) is 0 Å². The van der Waals surface area contributed by atoms with Crippen LogP contribution < -0.4 is 5.32 Å². The predicted octanol–water partition coefficient (Wildman–Crippen LogP) is 1.14. The molecule has 2 rings (SSSR count). The summed E-state index contributed by atoms with van der Waals surface area (Å²) in [7, 11) is 1.91. The Balaban J connectivity index is 1.87. The molecule has 0 aromatic heterocycles. The highest BCUT2D eigenvalue weighted by Gasteiger charge is 2.35. The second-order valence-corrected chi connectivity index (χ2v) is 6.69. The fourth-order valence-corrected chi connectivity index (χ4v) is 3.10. The summed E-state index contributed by atoms with van der Waals surface area (Å²) in [5.41, 5.74) is 0.433. The van der Waals surface area contributed by atoms with E-state index >= 15 is 0 Å².